The van der Waals surface area contributed by atoms with E-state index in [4.69, 9.17) is 4.74 Å². The predicted octanol–water partition coefficient (Wildman–Crippen LogP) is 5.11. The molecule has 0 bridgehead atoms. The number of benzene rings is 2. The summed E-state index contributed by atoms with van der Waals surface area (Å²) in [5.41, 5.74) is 4.18. The first-order chi connectivity index (χ1) is 17.7. The second-order valence-corrected chi connectivity index (χ2v) is 10.9. The maximum Gasteiger partial charge on any atom is 0.408 e. The van der Waals surface area contributed by atoms with E-state index in [1.54, 1.807) is 20.8 Å². The first-order valence-corrected chi connectivity index (χ1v) is 13.1. The molecular weight excluding hydrogens is 482 g/mol. The molecule has 0 heterocycles. The van der Waals surface area contributed by atoms with Crippen LogP contribution in [0.3, 0.4) is 0 Å². The molecule has 0 aliphatic carbocycles. The number of ether oxygens (including phenoxy) is 1. The van der Waals surface area contributed by atoms with Gasteiger partial charge in [0.2, 0.25) is 5.91 Å². The van der Waals surface area contributed by atoms with Gasteiger partial charge in [0.05, 0.1) is 6.61 Å². The van der Waals surface area contributed by atoms with Crippen molar-refractivity contribution in [3.63, 3.8) is 0 Å². The monoisotopic (exact) mass is 525 g/mol. The summed E-state index contributed by atoms with van der Waals surface area (Å²) in [6, 6.07) is 8.85. The van der Waals surface area contributed by atoms with Crippen LogP contribution in [0.5, 0.6) is 0 Å². The van der Waals surface area contributed by atoms with Crippen LogP contribution in [0, 0.1) is 27.7 Å². The van der Waals surface area contributed by atoms with Crippen LogP contribution in [0.4, 0.5) is 10.5 Å². The quantitative estimate of drug-likeness (QED) is 0.422. The number of carbonyl (C=O) groups excluding carboxylic acids is 3. The molecule has 3 N–H and O–H groups in total. The van der Waals surface area contributed by atoms with Crippen molar-refractivity contribution in [2.75, 3.05) is 11.9 Å². The van der Waals surface area contributed by atoms with Gasteiger partial charge in [-0.15, -0.1) is 0 Å². The van der Waals surface area contributed by atoms with Crippen molar-refractivity contribution >= 4 is 23.6 Å². The number of anilines is 1. The number of nitrogens with zero attached hydrogens (tertiary/aromatic N) is 1. The lowest BCUT2D eigenvalue weighted by molar-refractivity contribution is -0.144. The van der Waals surface area contributed by atoms with Crippen LogP contribution >= 0.6 is 0 Å². The lowest BCUT2D eigenvalue weighted by Gasteiger charge is -2.38. The first-order valence-electron chi connectivity index (χ1n) is 13.1. The van der Waals surface area contributed by atoms with Crippen LogP contribution in [-0.4, -0.2) is 52.2 Å². The minimum atomic E-state index is -1.29. The van der Waals surface area contributed by atoms with Gasteiger partial charge in [0.1, 0.15) is 17.7 Å². The number of aliphatic hydroxyl groups excluding tert-OH is 1. The molecule has 3 unspecified atom stereocenters. The number of nitrogens with one attached hydrogen (secondary N) is 2. The van der Waals surface area contributed by atoms with Gasteiger partial charge in [0.25, 0.3) is 5.91 Å². The largest absolute Gasteiger partial charge is 0.444 e. The Morgan fingerprint density at radius 1 is 1.00 bits per heavy atom. The minimum Gasteiger partial charge on any atom is -0.444 e. The fourth-order valence-electron chi connectivity index (χ4n) is 4.29. The molecule has 0 radical (unpaired) electrons. The van der Waals surface area contributed by atoms with Crippen molar-refractivity contribution in [2.24, 2.45) is 0 Å². The summed E-state index contributed by atoms with van der Waals surface area (Å²) < 4.78 is 5.31. The summed E-state index contributed by atoms with van der Waals surface area (Å²) in [6.45, 7) is 15.9. The highest BCUT2D eigenvalue weighted by Gasteiger charge is 2.39. The Hall–Kier alpha value is -3.39. The average Bonchev–Trinajstić information content (AvgIpc) is 2.83. The molecule has 8 heteroatoms. The van der Waals surface area contributed by atoms with E-state index in [0.29, 0.717) is 17.7 Å². The van der Waals surface area contributed by atoms with Gasteiger partial charge < -0.3 is 25.4 Å². The molecule has 0 aliphatic rings. The number of aryl methyl sites for hydroxylation is 4. The van der Waals surface area contributed by atoms with E-state index in [0.717, 1.165) is 22.3 Å². The molecule has 0 aromatic heterocycles. The SMILES string of the molecule is CCC(C)N(C(=O)C(CO)NC(=O)OC(C)(C)C)C(C(=O)Nc1c(C)cccc1C)c1cc(C)ccc1C. The van der Waals surface area contributed by atoms with Gasteiger partial charge >= 0.3 is 6.09 Å². The molecule has 8 nitrogen and oxygen atoms in total. The van der Waals surface area contributed by atoms with Gasteiger partial charge in [-0.3, -0.25) is 9.59 Å². The summed E-state index contributed by atoms with van der Waals surface area (Å²) >= 11 is 0. The van der Waals surface area contributed by atoms with Crippen molar-refractivity contribution in [2.45, 2.75) is 92.5 Å². The molecule has 0 aliphatic heterocycles. The summed E-state index contributed by atoms with van der Waals surface area (Å²) in [5, 5.41) is 15.7. The Balaban J connectivity index is 2.62. The number of hydrogen-bond donors (Lipinski definition) is 3. The second kappa shape index (κ2) is 12.9. The molecule has 2 aromatic rings. The molecule has 0 saturated heterocycles. The van der Waals surface area contributed by atoms with Gasteiger partial charge in [0.15, 0.2) is 0 Å². The summed E-state index contributed by atoms with van der Waals surface area (Å²) in [6.07, 6.45) is -0.272. The maximum atomic E-state index is 14.1. The normalized spacial score (nSPS) is 13.7. The molecule has 0 fully saturated rings. The number of amides is 3. The Kier molecular flexibility index (Phi) is 10.5. The molecule has 3 amide bonds. The summed E-state index contributed by atoms with van der Waals surface area (Å²) in [7, 11) is 0. The number of alkyl carbamates (subject to hydrolysis) is 1. The molecule has 38 heavy (non-hydrogen) atoms. The van der Waals surface area contributed by atoms with E-state index in [1.807, 2.05) is 77.9 Å². The highest BCUT2D eigenvalue weighted by atomic mass is 16.6. The zero-order chi connectivity index (χ0) is 28.8. The molecule has 208 valence electrons. The lowest BCUT2D eigenvalue weighted by atomic mass is 9.94. The van der Waals surface area contributed by atoms with Crippen LogP contribution in [0.2, 0.25) is 0 Å². The van der Waals surface area contributed by atoms with Crippen LogP contribution < -0.4 is 10.6 Å². The van der Waals surface area contributed by atoms with Gasteiger partial charge in [-0.2, -0.15) is 0 Å². The standard InChI is InChI=1S/C30H43N3O5/c1-10-22(6)33(28(36)24(17-34)31-29(37)38-30(7,8)9)26(23-16-18(2)14-15-19(23)3)27(35)32-25-20(4)12-11-13-21(25)5/h11-16,22,24,26,34H,10,17H2,1-9H3,(H,31,37)(H,32,35). The molecule has 2 aromatic carbocycles. The highest BCUT2D eigenvalue weighted by molar-refractivity contribution is 6.00. The Bertz CT molecular complexity index is 1130. The molecule has 0 spiro atoms. The number of aliphatic hydroxyl groups is 1. The molecular formula is C30H43N3O5. The third-order valence-electron chi connectivity index (χ3n) is 6.48. The van der Waals surface area contributed by atoms with E-state index < -0.39 is 36.3 Å². The zero-order valence-corrected chi connectivity index (χ0v) is 24.1. The van der Waals surface area contributed by atoms with Gasteiger partial charge in [-0.05, 0) is 84.1 Å². The highest BCUT2D eigenvalue weighted by Crippen LogP contribution is 2.31. The number of carbonyl (C=O) groups is 3. The molecule has 3 atom stereocenters. The topological polar surface area (TPSA) is 108 Å². The smallest absolute Gasteiger partial charge is 0.408 e. The third-order valence-corrected chi connectivity index (χ3v) is 6.48. The van der Waals surface area contributed by atoms with Crippen molar-refractivity contribution in [3.8, 4) is 0 Å². The average molecular weight is 526 g/mol. The Morgan fingerprint density at radius 3 is 2.13 bits per heavy atom. The molecule has 0 saturated carbocycles. The van der Waals surface area contributed by atoms with Crippen molar-refractivity contribution in [3.05, 3.63) is 64.2 Å². The van der Waals surface area contributed by atoms with Gasteiger partial charge in [-0.25, -0.2) is 4.79 Å². The van der Waals surface area contributed by atoms with E-state index in [9.17, 15) is 19.5 Å². The third kappa shape index (κ3) is 7.81. The summed E-state index contributed by atoms with van der Waals surface area (Å²) in [4.78, 5) is 42.0. The van der Waals surface area contributed by atoms with Crippen LogP contribution in [0.25, 0.3) is 0 Å². The van der Waals surface area contributed by atoms with E-state index >= 15 is 0 Å². The van der Waals surface area contributed by atoms with Crippen LogP contribution in [0.15, 0.2) is 36.4 Å². The zero-order valence-electron chi connectivity index (χ0n) is 24.1. The van der Waals surface area contributed by atoms with Gasteiger partial charge in [0, 0.05) is 11.7 Å². The maximum absolute atomic E-state index is 14.1. The van der Waals surface area contributed by atoms with Crippen molar-refractivity contribution < 1.29 is 24.2 Å². The van der Waals surface area contributed by atoms with Crippen LogP contribution in [-0.2, 0) is 14.3 Å². The lowest BCUT2D eigenvalue weighted by Crippen LogP contribution is -2.56. The Labute approximate surface area is 226 Å². The predicted molar refractivity (Wildman–Crippen MR) is 150 cm³/mol. The Morgan fingerprint density at radius 2 is 1.61 bits per heavy atom. The number of rotatable bonds is 9. The minimum absolute atomic E-state index is 0.376. The van der Waals surface area contributed by atoms with E-state index in [-0.39, 0.29) is 11.9 Å². The van der Waals surface area contributed by atoms with Crippen LogP contribution in [0.1, 0.15) is 74.9 Å². The fourth-order valence-corrected chi connectivity index (χ4v) is 4.29. The van der Waals surface area contributed by atoms with Crippen molar-refractivity contribution in [1.82, 2.24) is 10.2 Å². The summed E-state index contributed by atoms with van der Waals surface area (Å²) in [5.74, 6) is -0.950. The van der Waals surface area contributed by atoms with Gasteiger partial charge in [-0.1, -0.05) is 48.9 Å². The second-order valence-electron chi connectivity index (χ2n) is 10.9. The fraction of sp³-hybridized carbons (Fsp3) is 0.500. The number of hydrogen-bond acceptors (Lipinski definition) is 5. The van der Waals surface area contributed by atoms with Crippen molar-refractivity contribution in [1.29, 1.82) is 0 Å². The molecule has 2 rings (SSSR count). The van der Waals surface area contributed by atoms with E-state index in [2.05, 4.69) is 10.6 Å². The number of para-hydroxylation sites is 1. The first kappa shape index (κ1) is 30.8. The van der Waals surface area contributed by atoms with E-state index in [1.165, 1.54) is 4.90 Å².